The molecule has 4 N–H and O–H groups in total. The molecule has 1 rings (SSSR count). The van der Waals surface area contributed by atoms with Crippen molar-refractivity contribution in [2.24, 2.45) is 0 Å². The Hall–Kier alpha value is -0.640. The molecule has 0 saturated carbocycles. The molecule has 0 heterocycles. The van der Waals surface area contributed by atoms with Gasteiger partial charge in [0, 0.05) is 37.6 Å². The summed E-state index contributed by atoms with van der Waals surface area (Å²) in [5.41, 5.74) is -4.70. The minimum absolute atomic E-state index is 0.0131. The Kier molecular flexibility index (Phi) is 8.99. The Balaban J connectivity index is 3.59. The smallest absolute Gasteiger partial charge is 0.337 e. The average Bonchev–Trinajstić information content (AvgIpc) is 2.59. The molecule has 1 aromatic rings. The van der Waals surface area contributed by atoms with Crippen molar-refractivity contribution in [3.8, 4) is 0 Å². The van der Waals surface area contributed by atoms with E-state index in [4.69, 9.17) is 18.9 Å². The summed E-state index contributed by atoms with van der Waals surface area (Å²) in [6.45, 7) is 6.05. The molecule has 10 nitrogen and oxygen atoms in total. The topological polar surface area (TPSA) is 152 Å². The highest BCUT2D eigenvalue weighted by molar-refractivity contribution is 7.53. The second kappa shape index (κ2) is 9.91. The molecule has 0 bridgehead atoms. The molecule has 0 aliphatic carbocycles. The standard InChI is InChI=1S/C16H28O10P2/c1-5-23-15(24-6-2,27(17,18)19)13-9-11-14(12-10-13)16(25-7-3,26-8-4)28(20,21)22/h9-12H,5-8H2,1-4H3,(H2,17,18,19)(H2,20,21,22). The monoisotopic (exact) mass is 442 g/mol. The Morgan fingerprint density at radius 2 is 0.857 bits per heavy atom. The van der Waals surface area contributed by atoms with E-state index in [0.717, 1.165) is 0 Å². The summed E-state index contributed by atoms with van der Waals surface area (Å²) in [5, 5.41) is 0. The van der Waals surface area contributed by atoms with E-state index in [1.165, 1.54) is 24.3 Å². The van der Waals surface area contributed by atoms with Crippen molar-refractivity contribution in [2.45, 2.75) is 38.8 Å². The molecule has 0 aliphatic rings. The van der Waals surface area contributed by atoms with Crippen molar-refractivity contribution in [1.29, 1.82) is 0 Å². The van der Waals surface area contributed by atoms with Gasteiger partial charge in [-0.2, -0.15) is 0 Å². The molecule has 0 fully saturated rings. The van der Waals surface area contributed by atoms with E-state index in [1.54, 1.807) is 27.7 Å². The second-order valence-electron chi connectivity index (χ2n) is 5.56. The van der Waals surface area contributed by atoms with Gasteiger partial charge < -0.3 is 38.5 Å². The zero-order chi connectivity index (χ0) is 21.6. The van der Waals surface area contributed by atoms with Gasteiger partial charge in [0.15, 0.2) is 0 Å². The van der Waals surface area contributed by atoms with Gasteiger partial charge in [-0.15, -0.1) is 0 Å². The van der Waals surface area contributed by atoms with Crippen molar-refractivity contribution >= 4 is 15.2 Å². The van der Waals surface area contributed by atoms with Crippen LogP contribution in [0.3, 0.4) is 0 Å². The number of hydrogen-bond acceptors (Lipinski definition) is 6. The third-order valence-electron chi connectivity index (χ3n) is 3.74. The fraction of sp³-hybridized carbons (Fsp3) is 0.625. The van der Waals surface area contributed by atoms with Crippen LogP contribution in [-0.2, 0) is 39.1 Å². The van der Waals surface area contributed by atoms with E-state index in [-0.39, 0.29) is 37.6 Å². The van der Waals surface area contributed by atoms with E-state index < -0.39 is 26.2 Å². The highest BCUT2D eigenvalue weighted by Crippen LogP contribution is 2.60. The van der Waals surface area contributed by atoms with Crippen LogP contribution in [0.4, 0.5) is 0 Å². The fourth-order valence-electron chi connectivity index (χ4n) is 2.76. The SMILES string of the molecule is CCOC(OCC)(c1ccc(C(OCC)(OCC)P(=O)(O)O)cc1)P(=O)(O)O. The number of ether oxygens (including phenoxy) is 4. The van der Waals surface area contributed by atoms with Crippen LogP contribution in [0.5, 0.6) is 0 Å². The second-order valence-corrected chi connectivity index (χ2v) is 8.91. The van der Waals surface area contributed by atoms with Crippen LogP contribution >= 0.6 is 15.2 Å². The quantitative estimate of drug-likeness (QED) is 0.280. The Labute approximate surface area is 164 Å². The maximum Gasteiger partial charge on any atom is 0.389 e. The molecule has 0 aromatic heterocycles. The van der Waals surface area contributed by atoms with Gasteiger partial charge in [-0.3, -0.25) is 9.13 Å². The largest absolute Gasteiger partial charge is 0.389 e. The normalized spacial score (nSPS) is 13.7. The van der Waals surface area contributed by atoms with Crippen LogP contribution in [0.25, 0.3) is 0 Å². The van der Waals surface area contributed by atoms with Crippen LogP contribution in [0.2, 0.25) is 0 Å². The zero-order valence-electron chi connectivity index (χ0n) is 16.3. The first kappa shape index (κ1) is 25.4. The van der Waals surface area contributed by atoms with E-state index in [1.807, 2.05) is 0 Å². The molecule has 0 atom stereocenters. The van der Waals surface area contributed by atoms with Gasteiger partial charge >= 0.3 is 15.2 Å². The van der Waals surface area contributed by atoms with Crippen molar-refractivity contribution in [2.75, 3.05) is 26.4 Å². The van der Waals surface area contributed by atoms with Gasteiger partial charge in [0.25, 0.3) is 11.1 Å². The molecule has 1 aromatic carbocycles. The lowest BCUT2D eigenvalue weighted by Crippen LogP contribution is -2.35. The molecule has 0 amide bonds. The first-order valence-corrected chi connectivity index (χ1v) is 12.0. The lowest BCUT2D eigenvalue weighted by Gasteiger charge is -2.35. The van der Waals surface area contributed by atoms with E-state index in [0.29, 0.717) is 0 Å². The molecule has 162 valence electrons. The zero-order valence-corrected chi connectivity index (χ0v) is 18.1. The van der Waals surface area contributed by atoms with E-state index >= 15 is 0 Å². The van der Waals surface area contributed by atoms with Crippen molar-refractivity contribution < 1.29 is 47.7 Å². The van der Waals surface area contributed by atoms with E-state index in [9.17, 15) is 28.7 Å². The van der Waals surface area contributed by atoms with Crippen molar-refractivity contribution in [1.82, 2.24) is 0 Å². The summed E-state index contributed by atoms with van der Waals surface area (Å²) >= 11 is 0. The summed E-state index contributed by atoms with van der Waals surface area (Å²) in [6.07, 6.45) is 0. The Morgan fingerprint density at radius 3 is 1.00 bits per heavy atom. The van der Waals surface area contributed by atoms with Gasteiger partial charge in [0.1, 0.15) is 0 Å². The number of hydrogen-bond donors (Lipinski definition) is 4. The van der Waals surface area contributed by atoms with Crippen molar-refractivity contribution in [3.05, 3.63) is 35.4 Å². The summed E-state index contributed by atoms with van der Waals surface area (Å²) in [6, 6.07) is 5.01. The summed E-state index contributed by atoms with van der Waals surface area (Å²) in [5.74, 6) is 0. The lowest BCUT2D eigenvalue weighted by atomic mass is 10.1. The van der Waals surface area contributed by atoms with Gasteiger partial charge in [-0.1, -0.05) is 24.3 Å². The molecule has 0 aliphatic heterocycles. The maximum absolute atomic E-state index is 12.2. The minimum atomic E-state index is -4.94. The molecule has 0 radical (unpaired) electrons. The lowest BCUT2D eigenvalue weighted by molar-refractivity contribution is -0.194. The van der Waals surface area contributed by atoms with Crippen LogP contribution in [0.1, 0.15) is 38.8 Å². The number of rotatable bonds is 12. The fourth-order valence-corrected chi connectivity index (χ4v) is 4.92. The predicted molar refractivity (Wildman–Crippen MR) is 100 cm³/mol. The molecule has 12 heteroatoms. The summed E-state index contributed by atoms with van der Waals surface area (Å²) in [4.78, 5) is 39.4. The van der Waals surface area contributed by atoms with Crippen molar-refractivity contribution in [3.63, 3.8) is 0 Å². The maximum atomic E-state index is 12.2. The van der Waals surface area contributed by atoms with Crippen LogP contribution in [0, 0.1) is 0 Å². The first-order chi connectivity index (χ1) is 13.0. The molecule has 0 spiro atoms. The predicted octanol–water partition coefficient (Wildman–Crippen LogP) is 2.41. The first-order valence-electron chi connectivity index (χ1n) is 8.73. The van der Waals surface area contributed by atoms with Gasteiger partial charge in [0.05, 0.1) is 0 Å². The van der Waals surface area contributed by atoms with Crippen LogP contribution in [-0.4, -0.2) is 46.0 Å². The summed E-state index contributed by atoms with van der Waals surface area (Å²) < 4.78 is 45.5. The third kappa shape index (κ3) is 4.91. The van der Waals surface area contributed by atoms with Gasteiger partial charge in [0.2, 0.25) is 0 Å². The average molecular weight is 442 g/mol. The van der Waals surface area contributed by atoms with Gasteiger partial charge in [-0.05, 0) is 27.7 Å². The Morgan fingerprint density at radius 1 is 0.643 bits per heavy atom. The molecule has 0 unspecified atom stereocenters. The molecule has 28 heavy (non-hydrogen) atoms. The van der Waals surface area contributed by atoms with Crippen LogP contribution in [0.15, 0.2) is 24.3 Å². The highest BCUT2D eigenvalue weighted by Gasteiger charge is 2.54. The highest BCUT2D eigenvalue weighted by atomic mass is 31.2. The Bertz CT molecular complexity index is 636. The van der Waals surface area contributed by atoms with Crippen LogP contribution < -0.4 is 0 Å². The summed E-state index contributed by atoms with van der Waals surface area (Å²) in [7, 11) is -9.87. The van der Waals surface area contributed by atoms with Gasteiger partial charge in [-0.25, -0.2) is 0 Å². The molecule has 0 saturated heterocycles. The molecular weight excluding hydrogens is 414 g/mol. The third-order valence-corrected chi connectivity index (χ3v) is 6.31. The van der Waals surface area contributed by atoms with E-state index in [2.05, 4.69) is 0 Å². The number of benzene rings is 1. The minimum Gasteiger partial charge on any atom is -0.337 e. The molecular formula is C16H28O10P2.